The predicted molar refractivity (Wildman–Crippen MR) is 149 cm³/mol. The van der Waals surface area contributed by atoms with Crippen LogP contribution >= 0.6 is 22.6 Å². The maximum atomic E-state index is 14.8. The molecule has 1 saturated carbocycles. The molecule has 2 aromatic heterocycles. The molecule has 2 N–H and O–H groups in total. The lowest BCUT2D eigenvalue weighted by Crippen LogP contribution is -2.41. The van der Waals surface area contributed by atoms with Gasteiger partial charge in [-0.15, -0.1) is 0 Å². The van der Waals surface area contributed by atoms with Gasteiger partial charge in [0, 0.05) is 27.9 Å². The van der Waals surface area contributed by atoms with Crippen molar-refractivity contribution >= 4 is 56.6 Å². The van der Waals surface area contributed by atoms with Crippen molar-refractivity contribution in [3.05, 3.63) is 88.6 Å². The Labute approximate surface area is 236 Å². The van der Waals surface area contributed by atoms with Crippen molar-refractivity contribution in [3.8, 4) is 5.69 Å². The summed E-state index contributed by atoms with van der Waals surface area (Å²) in [6.07, 6.45) is -4.06. The molecule has 9 nitrogen and oxygen atoms in total. The van der Waals surface area contributed by atoms with Crippen molar-refractivity contribution in [2.75, 3.05) is 10.6 Å². The quantitative estimate of drug-likeness (QED) is 0.241. The van der Waals surface area contributed by atoms with Gasteiger partial charge in [-0.05, 0) is 78.8 Å². The zero-order valence-electron chi connectivity index (χ0n) is 20.9. The van der Waals surface area contributed by atoms with E-state index in [-0.39, 0.29) is 39.3 Å². The second kappa shape index (κ2) is 9.91. The Hall–Kier alpha value is -3.95. The van der Waals surface area contributed by atoms with Gasteiger partial charge in [-0.25, -0.2) is 9.18 Å². The van der Waals surface area contributed by atoms with Gasteiger partial charge in [-0.3, -0.25) is 28.1 Å². The van der Waals surface area contributed by atoms with E-state index in [2.05, 4.69) is 5.32 Å². The van der Waals surface area contributed by atoms with Gasteiger partial charge in [0.25, 0.3) is 11.1 Å². The van der Waals surface area contributed by atoms with E-state index in [1.165, 1.54) is 44.3 Å². The molecule has 0 atom stereocenters. The van der Waals surface area contributed by atoms with E-state index in [1.807, 2.05) is 22.6 Å². The van der Waals surface area contributed by atoms with Crippen LogP contribution in [0.4, 0.5) is 34.8 Å². The second-order valence-corrected chi connectivity index (χ2v) is 10.6. The number of nitrogens with one attached hydrogen (secondary N) is 2. The van der Waals surface area contributed by atoms with Gasteiger partial charge in [0.15, 0.2) is 0 Å². The van der Waals surface area contributed by atoms with Crippen LogP contribution in [-0.2, 0) is 11.8 Å². The van der Waals surface area contributed by atoms with Crippen molar-refractivity contribution in [1.29, 1.82) is 0 Å². The number of rotatable bonds is 5. The molecule has 5 rings (SSSR count). The van der Waals surface area contributed by atoms with Crippen LogP contribution in [0.1, 0.15) is 24.4 Å². The van der Waals surface area contributed by atoms with Gasteiger partial charge in [0.1, 0.15) is 17.0 Å². The maximum absolute atomic E-state index is 14.8. The van der Waals surface area contributed by atoms with Crippen molar-refractivity contribution < 1.29 is 22.4 Å². The van der Waals surface area contributed by atoms with Crippen LogP contribution in [0.3, 0.4) is 0 Å². The molecule has 0 unspecified atom stereocenters. The van der Waals surface area contributed by atoms with Gasteiger partial charge in [-0.2, -0.15) is 13.2 Å². The first-order valence-corrected chi connectivity index (χ1v) is 13.0. The Morgan fingerprint density at radius 3 is 2.38 bits per heavy atom. The van der Waals surface area contributed by atoms with Crippen LogP contribution in [-0.4, -0.2) is 25.8 Å². The Kier molecular flexibility index (Phi) is 6.84. The van der Waals surface area contributed by atoms with E-state index in [9.17, 15) is 36.7 Å². The molecule has 1 fully saturated rings. The summed E-state index contributed by atoms with van der Waals surface area (Å²) in [6.45, 7) is 1.41. The molecular weight excluding hydrogens is 649 g/mol. The number of halogens is 5. The zero-order chi connectivity index (χ0) is 29.1. The SMILES string of the molecule is Cc1c(=O)n(C)c(Nc2ccc(I)cc2F)c2c(=O)n(C3CC3)c(=O)n(-c3cccc(NC(=O)C(F)(F)F)c3)c12. The van der Waals surface area contributed by atoms with Crippen LogP contribution in [0.15, 0.2) is 56.8 Å². The minimum atomic E-state index is -5.15. The first kappa shape index (κ1) is 27.6. The third-order valence-electron chi connectivity index (χ3n) is 6.56. The number of anilines is 3. The fourth-order valence-electron chi connectivity index (χ4n) is 4.50. The van der Waals surface area contributed by atoms with Crippen molar-refractivity contribution in [2.45, 2.75) is 32.0 Å². The molecule has 0 radical (unpaired) electrons. The molecule has 0 saturated heterocycles. The third kappa shape index (κ3) is 4.80. The topological polar surface area (TPSA) is 107 Å². The van der Waals surface area contributed by atoms with E-state index in [0.29, 0.717) is 16.4 Å². The first-order valence-electron chi connectivity index (χ1n) is 11.9. The smallest absolute Gasteiger partial charge is 0.338 e. The molecule has 14 heteroatoms. The Morgan fingerprint density at radius 2 is 1.75 bits per heavy atom. The summed E-state index contributed by atoms with van der Waals surface area (Å²) >= 11 is 1.93. The number of carbonyl (C=O) groups excluding carboxylic acids is 1. The number of pyridine rings is 1. The van der Waals surface area contributed by atoms with Crippen LogP contribution in [0, 0.1) is 16.3 Å². The van der Waals surface area contributed by atoms with E-state index >= 15 is 0 Å². The van der Waals surface area contributed by atoms with E-state index in [0.717, 1.165) is 19.8 Å². The van der Waals surface area contributed by atoms with E-state index in [1.54, 1.807) is 11.4 Å². The maximum Gasteiger partial charge on any atom is 0.471 e. The molecule has 1 aliphatic rings. The van der Waals surface area contributed by atoms with Gasteiger partial charge in [0.2, 0.25) is 0 Å². The number of amides is 1. The number of aryl methyl sites for hydroxylation is 1. The monoisotopic (exact) mass is 669 g/mol. The summed E-state index contributed by atoms with van der Waals surface area (Å²) in [7, 11) is 1.39. The second-order valence-electron chi connectivity index (χ2n) is 9.34. The van der Waals surface area contributed by atoms with E-state index in [4.69, 9.17) is 0 Å². The predicted octanol–water partition coefficient (Wildman–Crippen LogP) is 4.48. The Bertz CT molecular complexity index is 1890. The number of carbonyl (C=O) groups is 1. The van der Waals surface area contributed by atoms with Crippen molar-refractivity contribution in [3.63, 3.8) is 0 Å². The lowest BCUT2D eigenvalue weighted by molar-refractivity contribution is -0.167. The highest BCUT2D eigenvalue weighted by atomic mass is 127. The fraction of sp³-hybridized carbons (Fsp3) is 0.231. The highest BCUT2D eigenvalue weighted by Crippen LogP contribution is 2.34. The Morgan fingerprint density at radius 1 is 1.05 bits per heavy atom. The zero-order valence-corrected chi connectivity index (χ0v) is 23.1. The molecule has 0 bridgehead atoms. The van der Waals surface area contributed by atoms with Crippen LogP contribution in [0.2, 0.25) is 0 Å². The Balaban J connectivity index is 1.84. The average molecular weight is 669 g/mol. The number of hydrogen-bond acceptors (Lipinski definition) is 5. The molecule has 0 aliphatic heterocycles. The number of alkyl halides is 3. The average Bonchev–Trinajstić information content (AvgIpc) is 3.71. The van der Waals surface area contributed by atoms with Crippen molar-refractivity contribution in [1.82, 2.24) is 13.7 Å². The van der Waals surface area contributed by atoms with Gasteiger partial charge in [0.05, 0.1) is 16.9 Å². The lowest BCUT2D eigenvalue weighted by Gasteiger charge is -2.21. The summed E-state index contributed by atoms with van der Waals surface area (Å²) < 4.78 is 57.2. The minimum absolute atomic E-state index is 0.00660. The molecule has 2 heterocycles. The number of hydrogen-bond donors (Lipinski definition) is 2. The molecule has 4 aromatic rings. The summed E-state index contributed by atoms with van der Waals surface area (Å²) in [5.74, 6) is -2.92. The summed E-state index contributed by atoms with van der Waals surface area (Å²) in [5.41, 5.74) is -2.46. The van der Waals surface area contributed by atoms with Gasteiger partial charge < -0.3 is 10.6 Å². The fourth-order valence-corrected chi connectivity index (χ4v) is 4.95. The van der Waals surface area contributed by atoms with Gasteiger partial charge >= 0.3 is 17.8 Å². The normalized spacial score (nSPS) is 13.5. The number of aromatic nitrogens is 3. The molecule has 2 aromatic carbocycles. The van der Waals surface area contributed by atoms with Crippen molar-refractivity contribution in [2.24, 2.45) is 7.05 Å². The van der Waals surface area contributed by atoms with E-state index < -0.39 is 40.8 Å². The van der Waals surface area contributed by atoms with Gasteiger partial charge in [-0.1, -0.05) is 6.07 Å². The highest BCUT2D eigenvalue weighted by Gasteiger charge is 2.39. The van der Waals surface area contributed by atoms with Crippen LogP contribution < -0.4 is 27.4 Å². The molecule has 1 amide bonds. The molecule has 208 valence electrons. The standard InChI is InChI=1S/C26H20F4IN5O4/c1-12-20-19(21(34(2)22(12)37)33-18-9-6-13(31)10-17(18)27)23(38)36(15-7-8-15)25(40)35(20)16-5-3-4-14(11-16)32-24(39)26(28,29)30/h3-6,9-11,15,33H,7-8H2,1-2H3,(H,32,39). The minimum Gasteiger partial charge on any atom is -0.338 e. The largest absolute Gasteiger partial charge is 0.471 e. The van der Waals surface area contributed by atoms with Crippen LogP contribution in [0.5, 0.6) is 0 Å². The lowest BCUT2D eigenvalue weighted by atomic mass is 10.1. The first-order chi connectivity index (χ1) is 18.8. The molecule has 0 spiro atoms. The summed E-state index contributed by atoms with van der Waals surface area (Å²) in [4.78, 5) is 52.4. The molecule has 1 aliphatic carbocycles. The van der Waals surface area contributed by atoms with Crippen LogP contribution in [0.25, 0.3) is 16.6 Å². The number of fused-ring (bicyclic) bond motifs is 1. The summed E-state index contributed by atoms with van der Waals surface area (Å²) in [5, 5.41) is 4.49. The summed E-state index contributed by atoms with van der Waals surface area (Å²) in [6, 6.07) is 8.96. The third-order valence-corrected chi connectivity index (χ3v) is 7.23. The molecular formula is C26H20F4IN5O4. The molecule has 40 heavy (non-hydrogen) atoms. The highest BCUT2D eigenvalue weighted by molar-refractivity contribution is 14.1. The number of benzene rings is 2. The number of nitrogens with zero attached hydrogens (tertiary/aromatic N) is 3.